The largest absolute Gasteiger partial charge is 0.354 e. The number of carbonyl (C=O) groups excluding carboxylic acids is 1. The summed E-state index contributed by atoms with van der Waals surface area (Å²) in [5.41, 5.74) is 0.294. The molecule has 1 aliphatic rings. The quantitative estimate of drug-likeness (QED) is 0.802. The number of halogens is 1. The van der Waals surface area contributed by atoms with Gasteiger partial charge in [0.2, 0.25) is 5.91 Å². The van der Waals surface area contributed by atoms with Crippen LogP contribution >= 0.6 is 12.4 Å². The molecule has 0 aromatic carbocycles. The molecular formula is C12H25ClN2O. The number of piperidine rings is 1. The van der Waals surface area contributed by atoms with E-state index in [9.17, 15) is 4.79 Å². The van der Waals surface area contributed by atoms with Gasteiger partial charge in [0.25, 0.3) is 0 Å². The van der Waals surface area contributed by atoms with Crippen LogP contribution in [0.1, 0.15) is 40.5 Å². The van der Waals surface area contributed by atoms with Crippen molar-refractivity contribution in [1.29, 1.82) is 0 Å². The second-order valence-corrected chi connectivity index (χ2v) is 5.50. The third-order valence-corrected chi connectivity index (χ3v) is 3.34. The van der Waals surface area contributed by atoms with E-state index < -0.39 is 0 Å². The molecule has 0 aromatic rings. The number of amides is 1. The molecule has 1 unspecified atom stereocenters. The molecule has 1 aliphatic heterocycles. The molecule has 0 spiro atoms. The minimum absolute atomic E-state index is 0. The first-order valence-electron chi connectivity index (χ1n) is 5.94. The van der Waals surface area contributed by atoms with Gasteiger partial charge in [-0.15, -0.1) is 12.4 Å². The minimum Gasteiger partial charge on any atom is -0.354 e. The van der Waals surface area contributed by atoms with E-state index in [2.05, 4.69) is 24.5 Å². The lowest BCUT2D eigenvalue weighted by Gasteiger charge is -2.39. The molecule has 4 heteroatoms. The Morgan fingerprint density at radius 2 is 2.12 bits per heavy atom. The molecular weight excluding hydrogens is 224 g/mol. The van der Waals surface area contributed by atoms with Crippen LogP contribution in [0.25, 0.3) is 0 Å². The van der Waals surface area contributed by atoms with E-state index in [4.69, 9.17) is 0 Å². The van der Waals surface area contributed by atoms with Crippen molar-refractivity contribution >= 4 is 18.3 Å². The van der Waals surface area contributed by atoms with E-state index in [0.717, 1.165) is 13.1 Å². The minimum atomic E-state index is 0. The fraction of sp³-hybridized carbons (Fsp3) is 0.917. The monoisotopic (exact) mass is 248 g/mol. The normalized spacial score (nSPS) is 23.7. The number of carbonyl (C=O) groups is 1. The molecule has 1 rings (SSSR count). The van der Waals surface area contributed by atoms with E-state index in [1.165, 1.54) is 12.8 Å². The van der Waals surface area contributed by atoms with Gasteiger partial charge in [0.05, 0.1) is 0 Å². The Labute approximate surface area is 105 Å². The maximum absolute atomic E-state index is 11.5. The molecule has 16 heavy (non-hydrogen) atoms. The first-order valence-corrected chi connectivity index (χ1v) is 5.94. The van der Waals surface area contributed by atoms with Gasteiger partial charge in [-0.05, 0) is 24.8 Å². The second kappa shape index (κ2) is 6.45. The zero-order valence-electron chi connectivity index (χ0n) is 10.8. The van der Waals surface area contributed by atoms with Crippen molar-refractivity contribution in [3.05, 3.63) is 0 Å². The highest BCUT2D eigenvalue weighted by atomic mass is 35.5. The van der Waals surface area contributed by atoms with Crippen LogP contribution in [0.4, 0.5) is 0 Å². The molecule has 96 valence electrons. The fourth-order valence-corrected chi connectivity index (χ4v) is 2.03. The number of hydrogen-bond acceptors (Lipinski definition) is 2. The van der Waals surface area contributed by atoms with Crippen LogP contribution < -0.4 is 10.6 Å². The molecule has 0 radical (unpaired) electrons. The van der Waals surface area contributed by atoms with Crippen molar-refractivity contribution in [2.24, 2.45) is 11.3 Å². The summed E-state index contributed by atoms with van der Waals surface area (Å²) in [6.07, 6.45) is 2.48. The average Bonchev–Trinajstić information content (AvgIpc) is 2.14. The van der Waals surface area contributed by atoms with E-state index in [1.807, 2.05) is 13.8 Å². The van der Waals surface area contributed by atoms with E-state index in [-0.39, 0.29) is 24.2 Å². The van der Waals surface area contributed by atoms with Crippen molar-refractivity contribution in [2.75, 3.05) is 13.1 Å². The van der Waals surface area contributed by atoms with Crippen LogP contribution in [-0.2, 0) is 4.79 Å². The topological polar surface area (TPSA) is 41.1 Å². The maximum atomic E-state index is 11.5. The lowest BCUT2D eigenvalue weighted by Crippen LogP contribution is -2.53. The van der Waals surface area contributed by atoms with Gasteiger partial charge in [-0.25, -0.2) is 0 Å². The Kier molecular flexibility index (Phi) is 6.34. The summed E-state index contributed by atoms with van der Waals surface area (Å²) in [6, 6.07) is 0.411. The molecule has 1 amide bonds. The van der Waals surface area contributed by atoms with Crippen molar-refractivity contribution in [1.82, 2.24) is 10.6 Å². The smallest absolute Gasteiger partial charge is 0.222 e. The Hall–Kier alpha value is -0.280. The number of rotatable bonds is 3. The molecule has 0 aliphatic carbocycles. The van der Waals surface area contributed by atoms with Crippen molar-refractivity contribution in [2.45, 2.75) is 46.6 Å². The van der Waals surface area contributed by atoms with Crippen LogP contribution in [0, 0.1) is 11.3 Å². The van der Waals surface area contributed by atoms with Crippen molar-refractivity contribution < 1.29 is 4.79 Å². The second-order valence-electron chi connectivity index (χ2n) is 5.50. The number of hydrogen-bond donors (Lipinski definition) is 2. The van der Waals surface area contributed by atoms with Gasteiger partial charge in [-0.1, -0.05) is 27.7 Å². The van der Waals surface area contributed by atoms with Gasteiger partial charge in [-0.3, -0.25) is 4.79 Å². The lowest BCUT2D eigenvalue weighted by molar-refractivity contribution is -0.124. The first-order chi connectivity index (χ1) is 6.93. The summed E-state index contributed by atoms with van der Waals surface area (Å²) >= 11 is 0. The fourth-order valence-electron chi connectivity index (χ4n) is 2.03. The summed E-state index contributed by atoms with van der Waals surface area (Å²) in [5, 5.41) is 6.49. The average molecular weight is 249 g/mol. The summed E-state index contributed by atoms with van der Waals surface area (Å²) in [7, 11) is 0. The van der Waals surface area contributed by atoms with Gasteiger partial charge in [0, 0.05) is 18.5 Å². The molecule has 1 fully saturated rings. The van der Waals surface area contributed by atoms with Crippen LogP contribution in [0.3, 0.4) is 0 Å². The zero-order chi connectivity index (χ0) is 11.5. The highest BCUT2D eigenvalue weighted by molar-refractivity contribution is 5.85. The Balaban J connectivity index is 0.00000225. The van der Waals surface area contributed by atoms with Gasteiger partial charge in [0.15, 0.2) is 0 Å². The number of nitrogens with one attached hydrogen (secondary N) is 2. The molecule has 1 saturated heterocycles. The maximum Gasteiger partial charge on any atom is 0.222 e. The van der Waals surface area contributed by atoms with Crippen molar-refractivity contribution in [3.8, 4) is 0 Å². The van der Waals surface area contributed by atoms with Crippen LogP contribution in [0.15, 0.2) is 0 Å². The lowest BCUT2D eigenvalue weighted by atomic mass is 9.77. The summed E-state index contributed by atoms with van der Waals surface area (Å²) in [6.45, 7) is 10.2. The van der Waals surface area contributed by atoms with Gasteiger partial charge < -0.3 is 10.6 Å². The molecule has 0 aromatic heterocycles. The van der Waals surface area contributed by atoms with E-state index >= 15 is 0 Å². The highest BCUT2D eigenvalue weighted by Crippen LogP contribution is 2.29. The van der Waals surface area contributed by atoms with Crippen LogP contribution in [0.5, 0.6) is 0 Å². The van der Waals surface area contributed by atoms with Crippen molar-refractivity contribution in [3.63, 3.8) is 0 Å². The summed E-state index contributed by atoms with van der Waals surface area (Å²) < 4.78 is 0. The Bertz CT molecular complexity index is 229. The van der Waals surface area contributed by atoms with Crippen LogP contribution in [0.2, 0.25) is 0 Å². The molecule has 0 bridgehead atoms. The third-order valence-electron chi connectivity index (χ3n) is 3.34. The Morgan fingerprint density at radius 3 is 2.62 bits per heavy atom. The molecule has 1 atom stereocenters. The van der Waals surface area contributed by atoms with E-state index in [1.54, 1.807) is 0 Å². The molecule has 2 N–H and O–H groups in total. The Morgan fingerprint density at radius 1 is 1.50 bits per heavy atom. The first kappa shape index (κ1) is 15.7. The van der Waals surface area contributed by atoms with Crippen LogP contribution in [-0.4, -0.2) is 25.0 Å². The van der Waals surface area contributed by atoms with Gasteiger partial charge >= 0.3 is 0 Å². The van der Waals surface area contributed by atoms with E-state index in [0.29, 0.717) is 11.5 Å². The van der Waals surface area contributed by atoms with Gasteiger partial charge in [0.1, 0.15) is 0 Å². The predicted molar refractivity (Wildman–Crippen MR) is 69.9 cm³/mol. The summed E-state index contributed by atoms with van der Waals surface area (Å²) in [4.78, 5) is 11.5. The molecule has 0 saturated carbocycles. The highest BCUT2D eigenvalue weighted by Gasteiger charge is 2.31. The molecule has 3 nitrogen and oxygen atoms in total. The molecule has 1 heterocycles. The predicted octanol–water partition coefficient (Wildman–Crippen LogP) is 1.96. The SMILES string of the molecule is CC(C)C(=O)NCC1NCCCC1(C)C.Cl. The third kappa shape index (κ3) is 4.30. The summed E-state index contributed by atoms with van der Waals surface area (Å²) in [5.74, 6) is 0.231. The zero-order valence-corrected chi connectivity index (χ0v) is 11.6. The van der Waals surface area contributed by atoms with Gasteiger partial charge in [-0.2, -0.15) is 0 Å². The standard InChI is InChI=1S/C12H24N2O.ClH/c1-9(2)11(15)14-8-10-12(3,4)6-5-7-13-10;/h9-10,13H,5-8H2,1-4H3,(H,14,15);1H.